The minimum atomic E-state index is -0.456. The first-order chi connectivity index (χ1) is 12.1. The fourth-order valence-corrected chi connectivity index (χ4v) is 2.74. The summed E-state index contributed by atoms with van der Waals surface area (Å²) in [6.07, 6.45) is 10.9. The van der Waals surface area contributed by atoms with Gasteiger partial charge in [-0.2, -0.15) is 0 Å². The Morgan fingerprint density at radius 1 is 1.12 bits per heavy atom. The van der Waals surface area contributed by atoms with E-state index in [1.165, 1.54) is 0 Å². The molecule has 0 amide bonds. The largest absolute Gasteiger partial charge is 0.462 e. The van der Waals surface area contributed by atoms with E-state index in [1.54, 1.807) is 18.2 Å². The number of ketones is 1. The normalized spacial score (nSPS) is 18.8. The Morgan fingerprint density at radius 3 is 2.72 bits per heavy atom. The van der Waals surface area contributed by atoms with Crippen LogP contribution >= 0.6 is 0 Å². The minimum absolute atomic E-state index is 0.0905. The lowest BCUT2D eigenvalue weighted by atomic mass is 9.98. The Kier molecular flexibility index (Phi) is 7.41. The van der Waals surface area contributed by atoms with Gasteiger partial charge in [0, 0.05) is 18.7 Å². The van der Waals surface area contributed by atoms with Gasteiger partial charge in [0.15, 0.2) is 5.78 Å². The third kappa shape index (κ3) is 5.87. The molecule has 1 aliphatic rings. The molecule has 1 aromatic rings. The average molecular weight is 343 g/mol. The highest BCUT2D eigenvalue weighted by molar-refractivity contribution is 5.99. The van der Waals surface area contributed by atoms with E-state index in [0.717, 1.165) is 24.0 Å². The lowest BCUT2D eigenvalue weighted by Crippen LogP contribution is -2.12. The van der Waals surface area contributed by atoms with Crippen LogP contribution < -0.4 is 5.73 Å². The summed E-state index contributed by atoms with van der Waals surface area (Å²) in [7, 11) is 0. The van der Waals surface area contributed by atoms with Crippen molar-refractivity contribution in [1.82, 2.24) is 0 Å². The van der Waals surface area contributed by atoms with Crippen LogP contribution in [0, 0.1) is 0 Å². The third-order valence-corrected chi connectivity index (χ3v) is 4.00. The number of carbonyl (C=O) groups is 2. The van der Waals surface area contributed by atoms with E-state index >= 15 is 0 Å². The molecular formula is C20H25NO4. The number of rotatable bonds is 3. The van der Waals surface area contributed by atoms with Crippen LogP contribution in [0.25, 0.3) is 6.08 Å². The van der Waals surface area contributed by atoms with E-state index in [9.17, 15) is 9.59 Å². The second-order valence-corrected chi connectivity index (χ2v) is 6.06. The number of benzene rings is 1. The zero-order chi connectivity index (χ0) is 18.1. The number of ether oxygens (including phenoxy) is 1. The van der Waals surface area contributed by atoms with Crippen molar-refractivity contribution in [3.05, 3.63) is 47.1 Å². The summed E-state index contributed by atoms with van der Waals surface area (Å²) in [6.45, 7) is 0.313. The number of nitrogen functional groups attached to an aromatic ring is 1. The highest BCUT2D eigenvalue weighted by Crippen LogP contribution is 2.24. The molecule has 25 heavy (non-hydrogen) atoms. The van der Waals surface area contributed by atoms with E-state index in [-0.39, 0.29) is 19.0 Å². The molecular weight excluding hydrogens is 318 g/mol. The van der Waals surface area contributed by atoms with E-state index in [2.05, 4.69) is 0 Å². The van der Waals surface area contributed by atoms with Crippen molar-refractivity contribution in [2.75, 3.05) is 18.9 Å². The number of anilines is 1. The number of aryl methyl sites for hydroxylation is 1. The van der Waals surface area contributed by atoms with Crippen LogP contribution in [0.5, 0.6) is 0 Å². The van der Waals surface area contributed by atoms with Crippen molar-refractivity contribution in [2.24, 2.45) is 0 Å². The fraction of sp³-hybridized carbons (Fsp3) is 0.400. The Bertz CT molecular complexity index is 677. The molecule has 0 radical (unpaired) electrons. The maximum atomic E-state index is 12.4. The summed E-state index contributed by atoms with van der Waals surface area (Å²) in [5.41, 5.74) is 8.56. The summed E-state index contributed by atoms with van der Waals surface area (Å²) in [5.74, 6) is -0.365. The predicted molar refractivity (Wildman–Crippen MR) is 98.2 cm³/mol. The number of aliphatic hydroxyl groups excluding tert-OH is 1. The molecule has 5 nitrogen and oxygen atoms in total. The molecule has 1 heterocycles. The van der Waals surface area contributed by atoms with Crippen molar-refractivity contribution in [2.45, 2.75) is 38.5 Å². The Balaban J connectivity index is 2.30. The maximum absolute atomic E-state index is 12.4. The van der Waals surface area contributed by atoms with Crippen LogP contribution in [-0.4, -0.2) is 30.1 Å². The van der Waals surface area contributed by atoms with Crippen LogP contribution in [0.3, 0.4) is 0 Å². The van der Waals surface area contributed by atoms with Crippen molar-refractivity contribution < 1.29 is 19.4 Å². The second-order valence-electron chi connectivity index (χ2n) is 6.06. The van der Waals surface area contributed by atoms with Crippen LogP contribution in [0.2, 0.25) is 0 Å². The molecule has 0 aromatic heterocycles. The lowest BCUT2D eigenvalue weighted by molar-refractivity contribution is -0.114. The molecule has 0 saturated carbocycles. The van der Waals surface area contributed by atoms with Gasteiger partial charge in [0.2, 0.25) is 0 Å². The van der Waals surface area contributed by atoms with Crippen LogP contribution in [0.1, 0.15) is 53.6 Å². The molecule has 134 valence electrons. The highest BCUT2D eigenvalue weighted by atomic mass is 16.5. The Labute approximate surface area is 148 Å². The van der Waals surface area contributed by atoms with Crippen LogP contribution in [-0.2, 0) is 16.0 Å². The topological polar surface area (TPSA) is 89.6 Å². The van der Waals surface area contributed by atoms with Gasteiger partial charge in [-0.25, -0.2) is 4.79 Å². The molecule has 2 rings (SSSR count). The Hall–Kier alpha value is -2.40. The smallest absolute Gasteiger partial charge is 0.340 e. The molecule has 1 aliphatic heterocycles. The summed E-state index contributed by atoms with van der Waals surface area (Å²) < 4.78 is 5.30. The molecule has 0 saturated heterocycles. The second kappa shape index (κ2) is 9.79. The zero-order valence-electron chi connectivity index (χ0n) is 14.4. The summed E-state index contributed by atoms with van der Waals surface area (Å²) in [5, 5.41) is 9.00. The van der Waals surface area contributed by atoms with Crippen molar-refractivity contribution in [1.29, 1.82) is 0 Å². The van der Waals surface area contributed by atoms with Crippen molar-refractivity contribution in [3.63, 3.8) is 0 Å². The van der Waals surface area contributed by atoms with Gasteiger partial charge in [-0.15, -0.1) is 0 Å². The summed E-state index contributed by atoms with van der Waals surface area (Å²) in [6, 6.07) is 3.68. The van der Waals surface area contributed by atoms with Crippen LogP contribution in [0.15, 0.2) is 30.4 Å². The van der Waals surface area contributed by atoms with Gasteiger partial charge in [-0.3, -0.25) is 4.79 Å². The maximum Gasteiger partial charge on any atom is 0.340 e. The first-order valence-corrected chi connectivity index (χ1v) is 8.68. The number of allylic oxidation sites excluding steroid dienone is 2. The highest BCUT2D eigenvalue weighted by Gasteiger charge is 2.16. The third-order valence-electron chi connectivity index (χ3n) is 4.00. The molecule has 1 aromatic carbocycles. The Morgan fingerprint density at radius 2 is 1.92 bits per heavy atom. The average Bonchev–Trinajstić information content (AvgIpc) is 2.58. The van der Waals surface area contributed by atoms with Gasteiger partial charge in [0.05, 0.1) is 12.2 Å². The first-order valence-electron chi connectivity index (χ1n) is 8.68. The van der Waals surface area contributed by atoms with Crippen LogP contribution in [0.4, 0.5) is 5.69 Å². The van der Waals surface area contributed by atoms with Gasteiger partial charge in [0.1, 0.15) is 0 Å². The number of aliphatic hydroxyl groups is 1. The van der Waals surface area contributed by atoms with E-state index in [0.29, 0.717) is 36.9 Å². The minimum Gasteiger partial charge on any atom is -0.462 e. The van der Waals surface area contributed by atoms with Crippen molar-refractivity contribution >= 4 is 23.5 Å². The SMILES string of the molecule is Nc1cc(CCCO)cc2c1C(=O)OCC/C=C\C(=O)CCC/C=C/2. The predicted octanol–water partition coefficient (Wildman–Crippen LogP) is 3.06. The first kappa shape index (κ1) is 18.9. The number of nitrogens with two attached hydrogens (primary N) is 1. The summed E-state index contributed by atoms with van der Waals surface area (Å²) in [4.78, 5) is 24.1. The molecule has 3 N–H and O–H groups in total. The number of esters is 1. The molecule has 0 atom stereocenters. The van der Waals surface area contributed by atoms with Gasteiger partial charge < -0.3 is 15.6 Å². The summed E-state index contributed by atoms with van der Waals surface area (Å²) >= 11 is 0. The fourth-order valence-electron chi connectivity index (χ4n) is 2.74. The molecule has 0 fully saturated rings. The molecule has 0 bridgehead atoms. The number of hydrogen-bond acceptors (Lipinski definition) is 5. The van der Waals surface area contributed by atoms with Gasteiger partial charge in [-0.05, 0) is 55.4 Å². The van der Waals surface area contributed by atoms with Gasteiger partial charge >= 0.3 is 5.97 Å². The number of carbonyl (C=O) groups excluding carboxylic acids is 2. The van der Waals surface area contributed by atoms with E-state index < -0.39 is 5.97 Å². The van der Waals surface area contributed by atoms with Gasteiger partial charge in [-0.1, -0.05) is 24.3 Å². The standard InChI is InChI=1S/C20H25NO4/c21-18-14-15(7-6-11-22)13-16-8-2-1-3-9-17(23)10-4-5-12-25-20(24)19(16)18/h2,4,8,10,13-14,22H,1,3,5-7,9,11-12,21H2/b8-2+,10-4-. The zero-order valence-corrected chi connectivity index (χ0v) is 14.4. The molecule has 0 unspecified atom stereocenters. The monoisotopic (exact) mass is 343 g/mol. The van der Waals surface area contributed by atoms with E-state index in [4.69, 9.17) is 15.6 Å². The molecule has 5 heteroatoms. The van der Waals surface area contributed by atoms with Crippen molar-refractivity contribution in [3.8, 4) is 0 Å². The number of cyclic esters (lactones) is 1. The molecule has 0 spiro atoms. The van der Waals surface area contributed by atoms with E-state index in [1.807, 2.05) is 18.2 Å². The number of fused-ring (bicyclic) bond motifs is 1. The number of hydrogen-bond donors (Lipinski definition) is 2. The molecule has 0 aliphatic carbocycles. The quantitative estimate of drug-likeness (QED) is 0.650. The van der Waals surface area contributed by atoms with Gasteiger partial charge in [0.25, 0.3) is 0 Å². The lowest BCUT2D eigenvalue weighted by Gasteiger charge is -2.12.